The number of rotatable bonds is 2. The van der Waals surface area contributed by atoms with Gasteiger partial charge in [0.1, 0.15) is 0 Å². The lowest BCUT2D eigenvalue weighted by Gasteiger charge is -2.34. The van der Waals surface area contributed by atoms with Gasteiger partial charge in [-0.1, -0.05) is 31.0 Å². The first-order valence-corrected chi connectivity index (χ1v) is 7.64. The normalized spacial score (nSPS) is 22.6. The number of hydrogen-bond acceptors (Lipinski definition) is 2. The molecule has 4 nitrogen and oxygen atoms in total. The van der Waals surface area contributed by atoms with E-state index in [1.54, 1.807) is 0 Å². The molecule has 2 amide bonds. The van der Waals surface area contributed by atoms with Crippen LogP contribution in [0.1, 0.15) is 43.7 Å². The number of carbonyl (C=O) groups is 1. The van der Waals surface area contributed by atoms with Crippen LogP contribution < -0.4 is 15.5 Å². The van der Waals surface area contributed by atoms with E-state index in [9.17, 15) is 4.79 Å². The molecule has 20 heavy (non-hydrogen) atoms. The van der Waals surface area contributed by atoms with Gasteiger partial charge in [-0.15, -0.1) is 0 Å². The molecule has 0 radical (unpaired) electrons. The lowest BCUT2D eigenvalue weighted by Crippen LogP contribution is -2.47. The molecule has 1 aliphatic heterocycles. The van der Waals surface area contributed by atoms with Gasteiger partial charge >= 0.3 is 6.03 Å². The van der Waals surface area contributed by atoms with Crippen molar-refractivity contribution < 1.29 is 4.79 Å². The monoisotopic (exact) mass is 273 g/mol. The molecule has 3 rings (SSSR count). The topological polar surface area (TPSA) is 44.4 Å². The van der Waals surface area contributed by atoms with E-state index in [4.69, 9.17) is 0 Å². The zero-order chi connectivity index (χ0) is 13.9. The average Bonchev–Trinajstić information content (AvgIpc) is 2.99. The Balaban J connectivity index is 1.78. The van der Waals surface area contributed by atoms with Crippen molar-refractivity contribution in [2.24, 2.45) is 0 Å². The SMILES string of the molecule is CNC1CCN(C(=O)NC2CCCC2)c2ccccc21. The van der Waals surface area contributed by atoms with Gasteiger partial charge < -0.3 is 10.6 Å². The minimum Gasteiger partial charge on any atom is -0.335 e. The number of carbonyl (C=O) groups excluding carboxylic acids is 1. The Morgan fingerprint density at radius 2 is 1.95 bits per heavy atom. The maximum atomic E-state index is 12.5. The summed E-state index contributed by atoms with van der Waals surface area (Å²) in [5.74, 6) is 0. The van der Waals surface area contributed by atoms with Gasteiger partial charge in [0.15, 0.2) is 0 Å². The van der Waals surface area contributed by atoms with E-state index >= 15 is 0 Å². The number of nitrogens with zero attached hydrogens (tertiary/aromatic N) is 1. The van der Waals surface area contributed by atoms with E-state index in [-0.39, 0.29) is 6.03 Å². The fourth-order valence-corrected chi connectivity index (χ4v) is 3.40. The second kappa shape index (κ2) is 5.83. The van der Waals surface area contributed by atoms with Crippen LogP contribution in [-0.4, -0.2) is 25.7 Å². The van der Waals surface area contributed by atoms with Crippen LogP contribution in [0.3, 0.4) is 0 Å². The van der Waals surface area contributed by atoms with Crippen LogP contribution in [0, 0.1) is 0 Å². The molecule has 1 saturated carbocycles. The first kappa shape index (κ1) is 13.4. The highest BCUT2D eigenvalue weighted by atomic mass is 16.2. The number of anilines is 1. The van der Waals surface area contributed by atoms with E-state index < -0.39 is 0 Å². The highest BCUT2D eigenvalue weighted by Crippen LogP contribution is 2.33. The molecule has 0 aromatic heterocycles. The molecule has 0 bridgehead atoms. The summed E-state index contributed by atoms with van der Waals surface area (Å²) >= 11 is 0. The summed E-state index contributed by atoms with van der Waals surface area (Å²) in [4.78, 5) is 14.4. The number of nitrogens with one attached hydrogen (secondary N) is 2. The Hall–Kier alpha value is -1.55. The Bertz CT molecular complexity index is 482. The summed E-state index contributed by atoms with van der Waals surface area (Å²) in [6.45, 7) is 0.779. The van der Waals surface area contributed by atoms with Crippen LogP contribution >= 0.6 is 0 Å². The van der Waals surface area contributed by atoms with E-state index in [0.717, 1.165) is 31.5 Å². The number of para-hydroxylation sites is 1. The molecule has 1 atom stereocenters. The molecule has 1 fully saturated rings. The Morgan fingerprint density at radius 1 is 1.20 bits per heavy atom. The van der Waals surface area contributed by atoms with Gasteiger partial charge in [0.2, 0.25) is 0 Å². The van der Waals surface area contributed by atoms with Gasteiger partial charge in [0, 0.05) is 18.6 Å². The Labute approximate surface area is 120 Å². The van der Waals surface area contributed by atoms with Crippen molar-refractivity contribution in [2.45, 2.75) is 44.2 Å². The van der Waals surface area contributed by atoms with Crippen molar-refractivity contribution in [1.29, 1.82) is 0 Å². The molecular weight excluding hydrogens is 250 g/mol. The van der Waals surface area contributed by atoms with Crippen LogP contribution in [0.25, 0.3) is 0 Å². The third kappa shape index (κ3) is 2.52. The molecule has 108 valence electrons. The van der Waals surface area contributed by atoms with Gasteiger partial charge in [-0.2, -0.15) is 0 Å². The molecule has 1 aliphatic carbocycles. The second-order valence-corrected chi connectivity index (χ2v) is 5.77. The Kier molecular flexibility index (Phi) is 3.92. The summed E-state index contributed by atoms with van der Waals surface area (Å²) in [7, 11) is 1.98. The summed E-state index contributed by atoms with van der Waals surface area (Å²) in [6, 6.07) is 9.00. The first-order valence-electron chi connectivity index (χ1n) is 7.64. The predicted octanol–water partition coefficient (Wildman–Crippen LogP) is 2.81. The summed E-state index contributed by atoms with van der Waals surface area (Å²) in [5.41, 5.74) is 2.27. The summed E-state index contributed by atoms with van der Waals surface area (Å²) in [6.07, 6.45) is 5.69. The standard InChI is InChI=1S/C16H23N3O/c1-17-14-10-11-19(15-9-5-4-8-13(14)15)16(20)18-12-6-2-3-7-12/h4-5,8-9,12,14,17H,2-3,6-7,10-11H2,1H3,(H,18,20). The van der Waals surface area contributed by atoms with Crippen molar-refractivity contribution in [1.82, 2.24) is 10.6 Å². The van der Waals surface area contributed by atoms with E-state index in [0.29, 0.717) is 12.1 Å². The van der Waals surface area contributed by atoms with Crippen LogP contribution in [0.2, 0.25) is 0 Å². The molecule has 1 aromatic carbocycles. The predicted molar refractivity (Wildman–Crippen MR) is 81.0 cm³/mol. The smallest absolute Gasteiger partial charge is 0.322 e. The molecule has 0 spiro atoms. The zero-order valence-electron chi connectivity index (χ0n) is 12.1. The van der Waals surface area contributed by atoms with Gasteiger partial charge in [-0.3, -0.25) is 4.90 Å². The van der Waals surface area contributed by atoms with Crippen molar-refractivity contribution in [3.63, 3.8) is 0 Å². The van der Waals surface area contributed by atoms with E-state index in [2.05, 4.69) is 16.7 Å². The number of benzene rings is 1. The number of fused-ring (bicyclic) bond motifs is 1. The van der Waals surface area contributed by atoms with Crippen LogP contribution in [0.4, 0.5) is 10.5 Å². The number of urea groups is 1. The van der Waals surface area contributed by atoms with Crippen LogP contribution in [0.5, 0.6) is 0 Å². The van der Waals surface area contributed by atoms with Crippen molar-refractivity contribution in [2.75, 3.05) is 18.5 Å². The fraction of sp³-hybridized carbons (Fsp3) is 0.562. The minimum absolute atomic E-state index is 0.0684. The number of amides is 2. The summed E-state index contributed by atoms with van der Waals surface area (Å²) in [5, 5.41) is 6.52. The quantitative estimate of drug-likeness (QED) is 0.870. The van der Waals surface area contributed by atoms with Gasteiger partial charge in [-0.25, -0.2) is 4.79 Å². The second-order valence-electron chi connectivity index (χ2n) is 5.77. The van der Waals surface area contributed by atoms with Crippen LogP contribution in [0.15, 0.2) is 24.3 Å². The molecule has 2 aliphatic rings. The van der Waals surface area contributed by atoms with Gasteiger partial charge in [0.05, 0.1) is 5.69 Å². The van der Waals surface area contributed by atoms with Gasteiger partial charge in [0.25, 0.3) is 0 Å². The van der Waals surface area contributed by atoms with Crippen molar-refractivity contribution in [3.05, 3.63) is 29.8 Å². The van der Waals surface area contributed by atoms with E-state index in [1.165, 1.54) is 18.4 Å². The summed E-state index contributed by atoms with van der Waals surface area (Å²) < 4.78 is 0. The lowest BCUT2D eigenvalue weighted by molar-refractivity contribution is 0.241. The average molecular weight is 273 g/mol. The first-order chi connectivity index (χ1) is 9.79. The van der Waals surface area contributed by atoms with Crippen LogP contribution in [-0.2, 0) is 0 Å². The molecule has 2 N–H and O–H groups in total. The maximum Gasteiger partial charge on any atom is 0.322 e. The highest BCUT2D eigenvalue weighted by Gasteiger charge is 2.29. The number of hydrogen-bond donors (Lipinski definition) is 2. The molecular formula is C16H23N3O. The maximum absolute atomic E-state index is 12.5. The molecule has 1 unspecified atom stereocenters. The minimum atomic E-state index is 0.0684. The zero-order valence-corrected chi connectivity index (χ0v) is 12.1. The third-order valence-electron chi connectivity index (χ3n) is 4.52. The van der Waals surface area contributed by atoms with Crippen molar-refractivity contribution >= 4 is 11.7 Å². The van der Waals surface area contributed by atoms with Crippen molar-refractivity contribution in [3.8, 4) is 0 Å². The third-order valence-corrected chi connectivity index (χ3v) is 4.52. The largest absolute Gasteiger partial charge is 0.335 e. The highest BCUT2D eigenvalue weighted by molar-refractivity contribution is 5.93. The molecule has 1 heterocycles. The molecule has 4 heteroatoms. The lowest BCUT2D eigenvalue weighted by atomic mass is 9.97. The molecule has 0 saturated heterocycles. The fourth-order valence-electron chi connectivity index (χ4n) is 3.40. The van der Waals surface area contributed by atoms with Gasteiger partial charge in [-0.05, 0) is 37.9 Å². The van der Waals surface area contributed by atoms with E-state index in [1.807, 2.05) is 30.1 Å². The Morgan fingerprint density at radius 3 is 2.70 bits per heavy atom. The molecule has 1 aromatic rings.